The molecule has 2 rings (SSSR count). The first-order chi connectivity index (χ1) is 8.65. The van der Waals surface area contributed by atoms with Crippen LogP contribution in [0.1, 0.15) is 12.0 Å². The van der Waals surface area contributed by atoms with Crippen LogP contribution in [-0.4, -0.2) is 26.2 Å². The summed E-state index contributed by atoms with van der Waals surface area (Å²) in [6, 6.07) is 5.17. The number of fused-ring (bicyclic) bond motifs is 1. The first kappa shape index (κ1) is 12.2. The lowest BCUT2D eigenvalue weighted by Crippen LogP contribution is -2.12. The van der Waals surface area contributed by atoms with E-state index in [0.717, 1.165) is 0 Å². The zero-order valence-corrected chi connectivity index (χ0v) is 10.1. The molecule has 0 radical (unpaired) electrons. The van der Waals surface area contributed by atoms with E-state index in [9.17, 15) is 9.59 Å². The molecule has 18 heavy (non-hydrogen) atoms. The number of ether oxygens (including phenoxy) is 3. The molecule has 0 atom stereocenters. The Kier molecular flexibility index (Phi) is 3.32. The first-order valence-corrected chi connectivity index (χ1v) is 5.32. The van der Waals surface area contributed by atoms with Gasteiger partial charge in [0.25, 0.3) is 0 Å². The summed E-state index contributed by atoms with van der Waals surface area (Å²) in [6.45, 7) is 0. The van der Waals surface area contributed by atoms with Crippen LogP contribution in [0.3, 0.4) is 0 Å². The maximum Gasteiger partial charge on any atom is 0.334 e. The van der Waals surface area contributed by atoms with E-state index in [2.05, 4.69) is 4.74 Å². The molecule has 0 spiro atoms. The zero-order chi connectivity index (χ0) is 13.1. The Morgan fingerprint density at radius 2 is 2.11 bits per heavy atom. The number of para-hydroxylation sites is 1. The topological polar surface area (TPSA) is 61.8 Å². The molecule has 1 aromatic carbocycles. The molecule has 0 aliphatic carbocycles. The molecule has 0 N–H and O–H groups in total. The standard InChI is InChI=1S/C13H12O5/c1-16-10-5-3-4-8-6-9(13(15)17-2)7-11(14)18-12(8)10/h3-6H,7H2,1-2H3. The molecule has 5 heteroatoms. The van der Waals surface area contributed by atoms with E-state index in [1.807, 2.05) is 0 Å². The van der Waals surface area contributed by atoms with Crippen molar-refractivity contribution in [2.24, 2.45) is 0 Å². The van der Waals surface area contributed by atoms with E-state index in [-0.39, 0.29) is 12.0 Å². The minimum Gasteiger partial charge on any atom is -0.493 e. The third-order valence-corrected chi connectivity index (χ3v) is 2.56. The summed E-state index contributed by atoms with van der Waals surface area (Å²) in [5, 5.41) is 0. The molecule has 0 saturated heterocycles. The number of methoxy groups -OCH3 is 2. The first-order valence-electron chi connectivity index (χ1n) is 5.32. The summed E-state index contributed by atoms with van der Waals surface area (Å²) in [5.41, 5.74) is 0.870. The van der Waals surface area contributed by atoms with Crippen LogP contribution in [0.4, 0.5) is 0 Å². The second kappa shape index (κ2) is 4.91. The molecule has 0 unspecified atom stereocenters. The highest BCUT2D eigenvalue weighted by Gasteiger charge is 2.23. The zero-order valence-electron chi connectivity index (χ0n) is 10.1. The quantitative estimate of drug-likeness (QED) is 0.587. The predicted molar refractivity (Wildman–Crippen MR) is 63.2 cm³/mol. The van der Waals surface area contributed by atoms with Gasteiger partial charge >= 0.3 is 11.9 Å². The SMILES string of the molecule is COC(=O)C1=Cc2cccc(OC)c2OC(=O)C1. The van der Waals surface area contributed by atoms with Crippen molar-refractivity contribution in [2.45, 2.75) is 6.42 Å². The molecular formula is C13H12O5. The van der Waals surface area contributed by atoms with Crippen molar-refractivity contribution in [1.29, 1.82) is 0 Å². The van der Waals surface area contributed by atoms with Crippen LogP contribution in [0.2, 0.25) is 0 Å². The lowest BCUT2D eigenvalue weighted by Gasteiger charge is -2.09. The van der Waals surface area contributed by atoms with Crippen LogP contribution in [0, 0.1) is 0 Å². The highest BCUT2D eigenvalue weighted by atomic mass is 16.6. The number of carbonyl (C=O) groups is 2. The average molecular weight is 248 g/mol. The summed E-state index contributed by atoms with van der Waals surface area (Å²) in [4.78, 5) is 23.1. The van der Waals surface area contributed by atoms with Crippen LogP contribution < -0.4 is 9.47 Å². The third-order valence-electron chi connectivity index (χ3n) is 2.56. The van der Waals surface area contributed by atoms with E-state index in [4.69, 9.17) is 9.47 Å². The van der Waals surface area contributed by atoms with Gasteiger partial charge in [0, 0.05) is 11.1 Å². The Morgan fingerprint density at radius 1 is 1.33 bits per heavy atom. The molecule has 1 aromatic rings. The largest absolute Gasteiger partial charge is 0.493 e. The van der Waals surface area contributed by atoms with Gasteiger partial charge in [-0.05, 0) is 12.1 Å². The summed E-state index contributed by atoms with van der Waals surface area (Å²) in [5.74, 6) is -0.287. The smallest absolute Gasteiger partial charge is 0.334 e. The van der Waals surface area contributed by atoms with Gasteiger partial charge in [-0.3, -0.25) is 4.79 Å². The Morgan fingerprint density at radius 3 is 2.78 bits per heavy atom. The van der Waals surface area contributed by atoms with Crippen LogP contribution >= 0.6 is 0 Å². The van der Waals surface area contributed by atoms with Gasteiger partial charge in [-0.2, -0.15) is 0 Å². The molecule has 0 saturated carbocycles. The summed E-state index contributed by atoms with van der Waals surface area (Å²) in [7, 11) is 2.76. The number of hydrogen-bond acceptors (Lipinski definition) is 5. The minimum atomic E-state index is -0.539. The van der Waals surface area contributed by atoms with Crippen molar-refractivity contribution in [1.82, 2.24) is 0 Å². The van der Waals surface area contributed by atoms with Gasteiger partial charge < -0.3 is 14.2 Å². The van der Waals surface area contributed by atoms with Crippen molar-refractivity contribution >= 4 is 18.0 Å². The average Bonchev–Trinajstić information content (AvgIpc) is 2.55. The minimum absolute atomic E-state index is 0.121. The molecular weight excluding hydrogens is 236 g/mol. The van der Waals surface area contributed by atoms with Crippen LogP contribution in [0.25, 0.3) is 6.08 Å². The van der Waals surface area contributed by atoms with Gasteiger partial charge in [0.1, 0.15) is 0 Å². The van der Waals surface area contributed by atoms with Crippen LogP contribution in [0.5, 0.6) is 11.5 Å². The second-order valence-electron chi connectivity index (χ2n) is 3.69. The Balaban J connectivity index is 2.53. The Labute approximate surface area is 104 Å². The van der Waals surface area contributed by atoms with E-state index in [0.29, 0.717) is 17.1 Å². The molecule has 94 valence electrons. The number of rotatable bonds is 2. The van der Waals surface area contributed by atoms with Crippen molar-refractivity contribution < 1.29 is 23.8 Å². The number of esters is 2. The van der Waals surface area contributed by atoms with Crippen LogP contribution in [-0.2, 0) is 14.3 Å². The lowest BCUT2D eigenvalue weighted by atomic mass is 10.1. The van der Waals surface area contributed by atoms with Gasteiger partial charge in [0.05, 0.1) is 20.6 Å². The summed E-state index contributed by atoms with van der Waals surface area (Å²) in [6.07, 6.45) is 1.46. The van der Waals surface area contributed by atoms with Gasteiger partial charge in [-0.1, -0.05) is 12.1 Å². The third kappa shape index (κ3) is 2.20. The maximum absolute atomic E-state index is 11.6. The highest BCUT2D eigenvalue weighted by Crippen LogP contribution is 2.35. The van der Waals surface area contributed by atoms with Crippen molar-refractivity contribution in [3.05, 3.63) is 29.3 Å². The molecule has 5 nitrogen and oxygen atoms in total. The van der Waals surface area contributed by atoms with E-state index in [1.54, 1.807) is 24.3 Å². The van der Waals surface area contributed by atoms with Crippen molar-refractivity contribution in [2.75, 3.05) is 14.2 Å². The van der Waals surface area contributed by atoms with E-state index in [1.165, 1.54) is 14.2 Å². The normalized spacial score (nSPS) is 13.9. The lowest BCUT2D eigenvalue weighted by molar-refractivity contribution is -0.139. The summed E-state index contributed by atoms with van der Waals surface area (Å²) >= 11 is 0. The molecule has 0 aromatic heterocycles. The molecule has 1 aliphatic heterocycles. The van der Waals surface area contributed by atoms with Gasteiger partial charge in [0.2, 0.25) is 0 Å². The molecule has 1 aliphatic rings. The molecule has 0 fully saturated rings. The monoisotopic (exact) mass is 248 g/mol. The van der Waals surface area contributed by atoms with Crippen LogP contribution in [0.15, 0.2) is 23.8 Å². The highest BCUT2D eigenvalue weighted by molar-refractivity contribution is 6.00. The Bertz CT molecular complexity index is 530. The van der Waals surface area contributed by atoms with E-state index < -0.39 is 11.9 Å². The molecule has 1 heterocycles. The fraction of sp³-hybridized carbons (Fsp3) is 0.231. The second-order valence-corrected chi connectivity index (χ2v) is 3.69. The van der Waals surface area contributed by atoms with Crippen molar-refractivity contribution in [3.8, 4) is 11.5 Å². The number of benzene rings is 1. The molecule has 0 amide bonds. The van der Waals surface area contributed by atoms with E-state index >= 15 is 0 Å². The maximum atomic E-state index is 11.6. The molecule has 0 bridgehead atoms. The van der Waals surface area contributed by atoms with Gasteiger partial charge in [0.15, 0.2) is 11.5 Å². The van der Waals surface area contributed by atoms with Gasteiger partial charge in [-0.25, -0.2) is 4.79 Å². The summed E-state index contributed by atoms with van der Waals surface area (Å²) < 4.78 is 14.9. The Hall–Kier alpha value is -2.30. The fourth-order valence-corrected chi connectivity index (χ4v) is 1.72. The predicted octanol–water partition coefficient (Wildman–Crippen LogP) is 1.56. The number of carbonyl (C=O) groups excluding carboxylic acids is 2. The van der Waals surface area contributed by atoms with Gasteiger partial charge in [-0.15, -0.1) is 0 Å². The number of hydrogen-bond donors (Lipinski definition) is 0. The van der Waals surface area contributed by atoms with Crippen molar-refractivity contribution in [3.63, 3.8) is 0 Å². The fourth-order valence-electron chi connectivity index (χ4n) is 1.72.